The van der Waals surface area contributed by atoms with Gasteiger partial charge in [-0.1, -0.05) is 251 Å². The minimum atomic E-state index is -0.547. The first-order valence-electron chi connectivity index (χ1n) is 31.2. The molecule has 4 nitrogen and oxygen atoms in total. The van der Waals surface area contributed by atoms with E-state index in [1.54, 1.807) is 0 Å². The number of hydrogen-bond acceptors (Lipinski definition) is 4. The van der Waals surface area contributed by atoms with Crippen LogP contribution in [0, 0.1) is 0 Å². The van der Waals surface area contributed by atoms with Gasteiger partial charge in [0.2, 0.25) is 0 Å². The highest BCUT2D eigenvalue weighted by atomic mass is 16.5. The van der Waals surface area contributed by atoms with E-state index in [0.29, 0.717) is 0 Å². The molecular weight excluding hydrogens is 1080 g/mol. The summed E-state index contributed by atoms with van der Waals surface area (Å²) in [6.07, 6.45) is 0. The van der Waals surface area contributed by atoms with Crippen molar-refractivity contribution in [2.45, 2.75) is 31.6 Å². The number of benzene rings is 13. The predicted octanol–water partition coefficient (Wildman–Crippen LogP) is 17.1. The summed E-state index contributed by atoms with van der Waals surface area (Å²) >= 11 is 0. The van der Waals surface area contributed by atoms with Crippen LogP contribution in [-0.4, -0.2) is 13.4 Å². The van der Waals surface area contributed by atoms with Gasteiger partial charge < -0.3 is 19.3 Å². The second kappa shape index (κ2) is 18.6. The third kappa shape index (κ3) is 6.97. The van der Waals surface area contributed by atoms with E-state index < -0.39 is 5.41 Å². The minimum Gasteiger partial charge on any atom is -0.458 e. The molecule has 416 valence electrons. The molecule has 6 aliphatic rings. The molecule has 0 saturated heterocycles. The summed E-state index contributed by atoms with van der Waals surface area (Å²) in [5, 5.41) is 0. The molecular formula is C83H56B2N2O2. The van der Waals surface area contributed by atoms with Crippen molar-refractivity contribution in [2.75, 3.05) is 9.80 Å². The molecule has 19 rings (SSSR count). The minimum absolute atomic E-state index is 0.162. The van der Waals surface area contributed by atoms with Gasteiger partial charge in [0.15, 0.2) is 0 Å². The molecule has 0 N–H and O–H groups in total. The third-order valence-electron chi connectivity index (χ3n) is 20.1. The van der Waals surface area contributed by atoms with Crippen molar-refractivity contribution in [3.63, 3.8) is 0 Å². The highest BCUT2D eigenvalue weighted by Crippen LogP contribution is 2.65. The van der Waals surface area contributed by atoms with Gasteiger partial charge in [0.1, 0.15) is 23.0 Å². The predicted molar refractivity (Wildman–Crippen MR) is 369 cm³/mol. The van der Waals surface area contributed by atoms with Crippen LogP contribution in [0.4, 0.5) is 34.1 Å². The molecule has 0 fully saturated rings. The summed E-state index contributed by atoms with van der Waals surface area (Å²) < 4.78 is 15.2. The van der Waals surface area contributed by atoms with Crippen molar-refractivity contribution in [1.29, 1.82) is 0 Å². The molecule has 0 radical (unpaired) electrons. The molecule has 0 saturated carbocycles. The molecule has 0 amide bonds. The quantitative estimate of drug-likeness (QED) is 0.160. The molecule has 6 heteroatoms. The van der Waals surface area contributed by atoms with Crippen LogP contribution in [0.5, 0.6) is 23.0 Å². The van der Waals surface area contributed by atoms with E-state index in [2.05, 4.69) is 316 Å². The first-order chi connectivity index (χ1) is 43.8. The smallest absolute Gasteiger partial charge is 0.256 e. The van der Waals surface area contributed by atoms with E-state index in [0.717, 1.165) is 107 Å². The summed E-state index contributed by atoms with van der Waals surface area (Å²) in [6, 6.07) is 106. The average molecular weight is 1130 g/mol. The number of anilines is 6. The lowest BCUT2D eigenvalue weighted by Gasteiger charge is -2.43. The Morgan fingerprint density at radius 2 is 0.753 bits per heavy atom. The first kappa shape index (κ1) is 50.4. The van der Waals surface area contributed by atoms with Gasteiger partial charge in [0, 0.05) is 45.6 Å². The van der Waals surface area contributed by atoms with Crippen LogP contribution in [0.15, 0.2) is 285 Å². The molecule has 4 heterocycles. The number of nitrogens with zero attached hydrogens (tertiary/aromatic N) is 2. The Labute approximate surface area is 519 Å². The van der Waals surface area contributed by atoms with Crippen molar-refractivity contribution < 1.29 is 9.47 Å². The second-order valence-corrected chi connectivity index (χ2v) is 25.7. The van der Waals surface area contributed by atoms with Crippen molar-refractivity contribution in [3.8, 4) is 78.6 Å². The number of ether oxygens (including phenoxy) is 2. The van der Waals surface area contributed by atoms with Crippen molar-refractivity contribution >= 4 is 80.3 Å². The SMILES string of the molecule is CC(C)(C)c1cc2c3c(c1)N(c1c(-c4ccccc4)cccc1-c1ccccc1)c1ccccc1B3c1cc3c(cc1O2)Oc1cc(-c2cccc4c2C2(c5ccccc5-c5ccccc52)c2ccccc2-4)cc2c1B3c1ccccc1N2c1ccccc1. The molecule has 13 aromatic carbocycles. The Morgan fingerprint density at radius 1 is 0.315 bits per heavy atom. The maximum atomic E-state index is 7.67. The van der Waals surface area contributed by atoms with E-state index in [1.165, 1.54) is 66.6 Å². The van der Waals surface area contributed by atoms with Crippen molar-refractivity contribution in [1.82, 2.24) is 0 Å². The fourth-order valence-corrected chi connectivity index (χ4v) is 16.5. The molecule has 2 aliphatic carbocycles. The van der Waals surface area contributed by atoms with Gasteiger partial charge in [-0.2, -0.15) is 0 Å². The topological polar surface area (TPSA) is 24.9 Å². The normalized spacial score (nSPS) is 14.2. The maximum absolute atomic E-state index is 7.67. The molecule has 0 atom stereocenters. The number of hydrogen-bond donors (Lipinski definition) is 0. The van der Waals surface area contributed by atoms with Gasteiger partial charge in [-0.15, -0.1) is 0 Å². The largest absolute Gasteiger partial charge is 0.458 e. The molecule has 0 bridgehead atoms. The van der Waals surface area contributed by atoms with Crippen LogP contribution in [0.2, 0.25) is 0 Å². The molecule has 13 aromatic rings. The first-order valence-corrected chi connectivity index (χ1v) is 31.2. The average Bonchev–Trinajstić information content (AvgIpc) is 1.66. The Bertz CT molecular complexity index is 5050. The van der Waals surface area contributed by atoms with E-state index >= 15 is 0 Å². The number of para-hydroxylation sites is 4. The monoisotopic (exact) mass is 1130 g/mol. The Kier molecular flexibility index (Phi) is 10.5. The lowest BCUT2D eigenvalue weighted by Crippen LogP contribution is -2.63. The van der Waals surface area contributed by atoms with Gasteiger partial charge in [-0.3, -0.25) is 0 Å². The van der Waals surface area contributed by atoms with E-state index in [1.807, 2.05) is 0 Å². The van der Waals surface area contributed by atoms with Crippen LogP contribution in [0.3, 0.4) is 0 Å². The summed E-state index contributed by atoms with van der Waals surface area (Å²) in [4.78, 5) is 5.04. The summed E-state index contributed by atoms with van der Waals surface area (Å²) in [5.41, 5.74) is 31.5. The van der Waals surface area contributed by atoms with Crippen LogP contribution in [0.1, 0.15) is 48.6 Å². The van der Waals surface area contributed by atoms with Crippen LogP contribution < -0.4 is 52.1 Å². The maximum Gasteiger partial charge on any atom is 0.256 e. The van der Waals surface area contributed by atoms with Crippen LogP contribution in [-0.2, 0) is 10.8 Å². The van der Waals surface area contributed by atoms with Gasteiger partial charge in [0.25, 0.3) is 13.4 Å². The second-order valence-electron chi connectivity index (χ2n) is 25.7. The molecule has 1 spiro atoms. The highest BCUT2D eigenvalue weighted by molar-refractivity contribution is 7.02. The summed E-state index contributed by atoms with van der Waals surface area (Å²) in [6.45, 7) is 6.59. The van der Waals surface area contributed by atoms with E-state index in [9.17, 15) is 0 Å². The van der Waals surface area contributed by atoms with Crippen molar-refractivity contribution in [2.24, 2.45) is 0 Å². The van der Waals surface area contributed by atoms with Gasteiger partial charge in [0.05, 0.1) is 11.1 Å². The lowest BCUT2D eigenvalue weighted by atomic mass is 9.31. The van der Waals surface area contributed by atoms with E-state index in [-0.39, 0.29) is 18.8 Å². The Balaban J connectivity index is 0.844. The van der Waals surface area contributed by atoms with Gasteiger partial charge in [-0.25, -0.2) is 0 Å². The van der Waals surface area contributed by atoms with Gasteiger partial charge in [-0.05, 0) is 159 Å². The molecule has 0 aromatic heterocycles. The van der Waals surface area contributed by atoms with Crippen molar-refractivity contribution in [3.05, 3.63) is 313 Å². The summed E-state index contributed by atoms with van der Waals surface area (Å²) in [5.74, 6) is 3.33. The standard InChI is InChI=1S/C83H56B2N2O2/c1-82(2,3)54-47-73-80-77(48-54)89-75-50-74-68(49-69(75)85(80)67-42-20-22-44-71(67)87(73)81-57(51-25-7-4-8-26-51)35-24-36-58(81)52-27-9-5-10-28-52)84-66-41-19-21-43-70(66)86(55-29-11-6-12-30-55)72-45-53(46-76(88-74)79(72)84)56-34-23-37-62-61-33-15-18-40-65(61)83(78(56)62)63-38-16-13-31-59(63)60-32-14-17-39-64(60)83/h4-50H,1-3H3. The van der Waals surface area contributed by atoms with Gasteiger partial charge >= 0.3 is 0 Å². The summed E-state index contributed by atoms with van der Waals surface area (Å²) in [7, 11) is 0. The third-order valence-corrected chi connectivity index (χ3v) is 20.1. The van der Waals surface area contributed by atoms with Crippen LogP contribution in [0.25, 0.3) is 55.6 Å². The van der Waals surface area contributed by atoms with Crippen LogP contribution >= 0.6 is 0 Å². The lowest BCUT2D eigenvalue weighted by molar-refractivity contribution is 0.464. The molecule has 89 heavy (non-hydrogen) atoms. The zero-order valence-corrected chi connectivity index (χ0v) is 49.5. The molecule has 4 aliphatic heterocycles. The zero-order valence-electron chi connectivity index (χ0n) is 49.5. The fourth-order valence-electron chi connectivity index (χ4n) is 16.5. The Morgan fingerprint density at radius 3 is 1.31 bits per heavy atom. The zero-order chi connectivity index (χ0) is 58.9. The Hall–Kier alpha value is -10.8. The molecule has 0 unspecified atom stereocenters. The number of fused-ring (bicyclic) bond motifs is 18. The fraction of sp³-hybridized carbons (Fsp3) is 0.0602. The highest BCUT2D eigenvalue weighted by Gasteiger charge is 2.54. The van der Waals surface area contributed by atoms with E-state index in [4.69, 9.17) is 9.47 Å². The number of rotatable bonds is 5.